The van der Waals surface area contributed by atoms with Gasteiger partial charge in [-0.25, -0.2) is 0 Å². The molecule has 1 fully saturated rings. The predicted molar refractivity (Wildman–Crippen MR) is 63.7 cm³/mol. The van der Waals surface area contributed by atoms with Gasteiger partial charge < -0.3 is 22.1 Å². The van der Waals surface area contributed by atoms with Crippen molar-refractivity contribution in [2.24, 2.45) is 22.2 Å². The lowest BCUT2D eigenvalue weighted by atomic mass is 10.1. The third kappa shape index (κ3) is 4.06. The highest BCUT2D eigenvalue weighted by Crippen LogP contribution is 2.10. The second-order valence-electron chi connectivity index (χ2n) is 4.09. The average molecular weight is 227 g/mol. The van der Waals surface area contributed by atoms with Crippen molar-refractivity contribution in [1.82, 2.24) is 4.90 Å². The molecule has 0 bridgehead atoms. The van der Waals surface area contributed by atoms with Crippen LogP contribution in [0.1, 0.15) is 25.7 Å². The van der Waals surface area contributed by atoms with Gasteiger partial charge >= 0.3 is 0 Å². The quantitative estimate of drug-likeness (QED) is 0.422. The van der Waals surface area contributed by atoms with Gasteiger partial charge in [0.15, 0.2) is 5.96 Å². The standard InChI is InChI=1S/C10H21N5O/c11-8(4-5-14-10(12)13)9(16)15-6-2-1-3-7-15/h8H,1-7,11H2,(H4,12,13,14). The molecule has 6 heteroatoms. The average Bonchev–Trinajstić information content (AvgIpc) is 2.28. The van der Waals surface area contributed by atoms with Crippen molar-refractivity contribution in [3.63, 3.8) is 0 Å². The Labute approximate surface area is 95.9 Å². The number of aliphatic imine (C=N–C) groups is 1. The number of guanidine groups is 1. The molecule has 92 valence electrons. The van der Waals surface area contributed by atoms with Gasteiger partial charge in [-0.1, -0.05) is 0 Å². The molecule has 0 spiro atoms. The highest BCUT2D eigenvalue weighted by Gasteiger charge is 2.21. The summed E-state index contributed by atoms with van der Waals surface area (Å²) in [6, 6.07) is -0.485. The van der Waals surface area contributed by atoms with Crippen LogP contribution in [-0.4, -0.2) is 42.4 Å². The number of nitrogens with two attached hydrogens (primary N) is 3. The van der Waals surface area contributed by atoms with Crippen LogP contribution >= 0.6 is 0 Å². The van der Waals surface area contributed by atoms with Gasteiger partial charge in [-0.05, 0) is 25.7 Å². The van der Waals surface area contributed by atoms with E-state index in [1.54, 1.807) is 0 Å². The van der Waals surface area contributed by atoms with E-state index in [1.807, 2.05) is 4.90 Å². The van der Waals surface area contributed by atoms with Crippen LogP contribution in [0.25, 0.3) is 0 Å². The second-order valence-corrected chi connectivity index (χ2v) is 4.09. The lowest BCUT2D eigenvalue weighted by molar-refractivity contribution is -0.133. The minimum atomic E-state index is -0.485. The first-order valence-corrected chi connectivity index (χ1v) is 5.71. The number of likely N-dealkylation sites (tertiary alicyclic amines) is 1. The zero-order chi connectivity index (χ0) is 12.0. The molecular weight excluding hydrogens is 206 g/mol. The van der Waals surface area contributed by atoms with E-state index < -0.39 is 6.04 Å². The number of nitrogens with zero attached hydrogens (tertiary/aromatic N) is 2. The van der Waals surface area contributed by atoms with E-state index in [-0.39, 0.29) is 11.9 Å². The van der Waals surface area contributed by atoms with Gasteiger partial charge in [0.1, 0.15) is 0 Å². The molecule has 6 nitrogen and oxygen atoms in total. The van der Waals surface area contributed by atoms with Crippen molar-refractivity contribution in [1.29, 1.82) is 0 Å². The zero-order valence-corrected chi connectivity index (χ0v) is 9.56. The largest absolute Gasteiger partial charge is 0.370 e. The monoisotopic (exact) mass is 227 g/mol. The minimum Gasteiger partial charge on any atom is -0.370 e. The highest BCUT2D eigenvalue weighted by atomic mass is 16.2. The molecule has 0 aromatic heterocycles. The number of carbonyl (C=O) groups excluding carboxylic acids is 1. The fourth-order valence-electron chi connectivity index (χ4n) is 1.81. The molecule has 0 saturated carbocycles. The number of hydrogen-bond acceptors (Lipinski definition) is 3. The highest BCUT2D eigenvalue weighted by molar-refractivity contribution is 5.81. The maximum absolute atomic E-state index is 11.9. The Morgan fingerprint density at radius 3 is 2.44 bits per heavy atom. The molecule has 16 heavy (non-hydrogen) atoms. The van der Waals surface area contributed by atoms with E-state index in [2.05, 4.69) is 4.99 Å². The third-order valence-electron chi connectivity index (χ3n) is 2.72. The molecule has 1 heterocycles. The molecule has 1 aliphatic rings. The van der Waals surface area contributed by atoms with Crippen LogP contribution in [0.3, 0.4) is 0 Å². The SMILES string of the molecule is NC(N)=NCCC(N)C(=O)N1CCCCC1. The van der Waals surface area contributed by atoms with Crippen LogP contribution in [0.5, 0.6) is 0 Å². The normalized spacial score (nSPS) is 17.9. The molecule has 1 atom stereocenters. The number of amides is 1. The van der Waals surface area contributed by atoms with E-state index in [0.29, 0.717) is 13.0 Å². The smallest absolute Gasteiger partial charge is 0.239 e. The Hall–Kier alpha value is -1.30. The van der Waals surface area contributed by atoms with Crippen LogP contribution < -0.4 is 17.2 Å². The fraction of sp³-hybridized carbons (Fsp3) is 0.800. The van der Waals surface area contributed by atoms with Gasteiger partial charge in [-0.2, -0.15) is 0 Å². The number of hydrogen-bond donors (Lipinski definition) is 3. The van der Waals surface area contributed by atoms with E-state index in [4.69, 9.17) is 17.2 Å². The number of piperidine rings is 1. The summed E-state index contributed by atoms with van der Waals surface area (Å²) in [6.07, 6.45) is 3.85. The van der Waals surface area contributed by atoms with Crippen molar-refractivity contribution in [3.05, 3.63) is 0 Å². The Bertz CT molecular complexity index is 256. The molecule has 0 aliphatic carbocycles. The van der Waals surface area contributed by atoms with Gasteiger partial charge in [-0.3, -0.25) is 9.79 Å². The Kier molecular flexibility index (Phi) is 5.04. The summed E-state index contributed by atoms with van der Waals surface area (Å²) < 4.78 is 0. The number of rotatable bonds is 4. The molecule has 1 rings (SSSR count). The summed E-state index contributed by atoms with van der Waals surface area (Å²) in [7, 11) is 0. The van der Waals surface area contributed by atoms with Crippen LogP contribution in [0, 0.1) is 0 Å². The van der Waals surface area contributed by atoms with Gasteiger partial charge in [0.2, 0.25) is 5.91 Å². The molecule has 1 saturated heterocycles. The van der Waals surface area contributed by atoms with E-state index in [9.17, 15) is 4.79 Å². The lowest BCUT2D eigenvalue weighted by Gasteiger charge is -2.28. The second kappa shape index (κ2) is 6.32. The molecular formula is C10H21N5O. The fourth-order valence-corrected chi connectivity index (χ4v) is 1.81. The molecule has 0 aromatic carbocycles. The Balaban J connectivity index is 2.31. The summed E-state index contributed by atoms with van der Waals surface area (Å²) >= 11 is 0. The van der Waals surface area contributed by atoms with Crippen molar-refractivity contribution < 1.29 is 4.79 Å². The maximum atomic E-state index is 11.9. The molecule has 1 amide bonds. The Morgan fingerprint density at radius 2 is 1.88 bits per heavy atom. The van der Waals surface area contributed by atoms with Gasteiger partial charge in [0, 0.05) is 19.6 Å². The molecule has 0 aromatic rings. The van der Waals surface area contributed by atoms with Crippen molar-refractivity contribution in [3.8, 4) is 0 Å². The van der Waals surface area contributed by atoms with Crippen LogP contribution in [-0.2, 0) is 4.79 Å². The van der Waals surface area contributed by atoms with E-state index >= 15 is 0 Å². The van der Waals surface area contributed by atoms with Crippen LogP contribution in [0.4, 0.5) is 0 Å². The summed E-state index contributed by atoms with van der Waals surface area (Å²) in [5.41, 5.74) is 16.2. The first kappa shape index (κ1) is 12.8. The molecule has 6 N–H and O–H groups in total. The maximum Gasteiger partial charge on any atom is 0.239 e. The minimum absolute atomic E-state index is 0.0190. The topological polar surface area (TPSA) is 111 Å². The first-order valence-electron chi connectivity index (χ1n) is 5.71. The van der Waals surface area contributed by atoms with Crippen molar-refractivity contribution in [2.75, 3.05) is 19.6 Å². The Morgan fingerprint density at radius 1 is 1.25 bits per heavy atom. The molecule has 1 aliphatic heterocycles. The van der Waals surface area contributed by atoms with Crippen LogP contribution in [0.2, 0.25) is 0 Å². The number of carbonyl (C=O) groups is 1. The van der Waals surface area contributed by atoms with Gasteiger partial charge in [0.25, 0.3) is 0 Å². The van der Waals surface area contributed by atoms with Crippen LogP contribution in [0.15, 0.2) is 4.99 Å². The molecule has 0 radical (unpaired) electrons. The third-order valence-corrected chi connectivity index (χ3v) is 2.72. The van der Waals surface area contributed by atoms with Crippen molar-refractivity contribution in [2.45, 2.75) is 31.7 Å². The predicted octanol–water partition coefficient (Wildman–Crippen LogP) is -1.01. The van der Waals surface area contributed by atoms with E-state index in [1.165, 1.54) is 6.42 Å². The zero-order valence-electron chi connectivity index (χ0n) is 9.56. The summed E-state index contributed by atoms with van der Waals surface area (Å²) in [6.45, 7) is 2.06. The van der Waals surface area contributed by atoms with E-state index in [0.717, 1.165) is 25.9 Å². The van der Waals surface area contributed by atoms with Gasteiger partial charge in [0.05, 0.1) is 6.04 Å². The lowest BCUT2D eigenvalue weighted by Crippen LogP contribution is -2.46. The van der Waals surface area contributed by atoms with Crippen molar-refractivity contribution >= 4 is 11.9 Å². The summed E-state index contributed by atoms with van der Waals surface area (Å²) in [5, 5.41) is 0. The first-order chi connectivity index (χ1) is 7.61. The van der Waals surface area contributed by atoms with Gasteiger partial charge in [-0.15, -0.1) is 0 Å². The molecule has 1 unspecified atom stereocenters. The summed E-state index contributed by atoms with van der Waals surface area (Å²) in [4.78, 5) is 17.5. The summed E-state index contributed by atoms with van der Waals surface area (Å²) in [5.74, 6) is 0.0584.